The second-order valence-corrected chi connectivity index (χ2v) is 9.29. The van der Waals surface area contributed by atoms with Gasteiger partial charge in [0.2, 0.25) is 0 Å². The summed E-state index contributed by atoms with van der Waals surface area (Å²) in [6.07, 6.45) is 0.617. The van der Waals surface area contributed by atoms with Gasteiger partial charge in [-0.05, 0) is 18.1 Å². The minimum Gasteiger partial charge on any atom is -0.289 e. The van der Waals surface area contributed by atoms with Crippen molar-refractivity contribution in [3.05, 3.63) is 29.8 Å². The van der Waals surface area contributed by atoms with Gasteiger partial charge in [0.1, 0.15) is 0 Å². The van der Waals surface area contributed by atoms with E-state index in [2.05, 4.69) is 43.6 Å². The Kier molecular flexibility index (Phi) is 3.26. The van der Waals surface area contributed by atoms with Crippen LogP contribution in [0.5, 0.6) is 0 Å². The molecule has 0 atom stereocenters. The molecular weight excluding hydrogens is 188 g/mol. The maximum atomic E-state index is 10.0. The lowest BCUT2D eigenvalue weighted by Crippen LogP contribution is -2.37. The SMILES string of the molecule is C[Si](C)(C)c1ccc(C#CC=O)cc1. The number of aldehydes is 1. The van der Waals surface area contributed by atoms with Crippen LogP contribution >= 0.6 is 0 Å². The fourth-order valence-electron chi connectivity index (χ4n) is 1.17. The molecule has 0 aliphatic rings. The average molecular weight is 202 g/mol. The molecule has 0 fully saturated rings. The summed E-state index contributed by atoms with van der Waals surface area (Å²) in [5.41, 5.74) is 0.902. The van der Waals surface area contributed by atoms with Crippen LogP contribution in [0.1, 0.15) is 5.56 Å². The molecule has 0 heterocycles. The number of carbonyl (C=O) groups excluding carboxylic acids is 1. The number of hydrogen-bond acceptors (Lipinski definition) is 1. The third-order valence-electron chi connectivity index (χ3n) is 2.03. The maximum absolute atomic E-state index is 10.0. The zero-order valence-corrected chi connectivity index (χ0v) is 9.79. The summed E-state index contributed by atoms with van der Waals surface area (Å²) in [7, 11) is -1.21. The van der Waals surface area contributed by atoms with Crippen LogP contribution in [-0.2, 0) is 4.79 Å². The first-order valence-electron chi connectivity index (χ1n) is 4.60. The quantitative estimate of drug-likeness (QED) is 0.385. The molecule has 1 rings (SSSR count). The van der Waals surface area contributed by atoms with Crippen LogP contribution in [0.2, 0.25) is 19.6 Å². The Morgan fingerprint density at radius 3 is 2.14 bits per heavy atom. The van der Waals surface area contributed by atoms with E-state index in [-0.39, 0.29) is 0 Å². The second kappa shape index (κ2) is 4.25. The predicted octanol–water partition coefficient (Wildman–Crippen LogP) is 1.78. The Labute approximate surface area is 86.2 Å². The minimum absolute atomic E-state index is 0.617. The molecule has 0 aliphatic carbocycles. The van der Waals surface area contributed by atoms with Crippen LogP contribution in [-0.4, -0.2) is 14.4 Å². The highest BCUT2D eigenvalue weighted by Gasteiger charge is 2.15. The van der Waals surface area contributed by atoms with Gasteiger partial charge in [0.15, 0.2) is 6.29 Å². The minimum atomic E-state index is -1.21. The molecule has 0 unspecified atom stereocenters. The van der Waals surface area contributed by atoms with Crippen LogP contribution in [0.4, 0.5) is 0 Å². The fourth-order valence-corrected chi connectivity index (χ4v) is 2.33. The van der Waals surface area contributed by atoms with Gasteiger partial charge in [-0.15, -0.1) is 0 Å². The Balaban J connectivity index is 2.95. The first kappa shape index (κ1) is 10.7. The third kappa shape index (κ3) is 2.86. The first-order valence-corrected chi connectivity index (χ1v) is 8.10. The highest BCUT2D eigenvalue weighted by atomic mass is 28.3. The van der Waals surface area contributed by atoms with Gasteiger partial charge in [0.05, 0.1) is 8.07 Å². The lowest BCUT2D eigenvalue weighted by molar-refractivity contribution is -0.103. The maximum Gasteiger partial charge on any atom is 0.193 e. The number of hydrogen-bond donors (Lipinski definition) is 0. The third-order valence-corrected chi connectivity index (χ3v) is 4.09. The Morgan fingerprint density at radius 2 is 1.71 bits per heavy atom. The molecule has 0 aromatic heterocycles. The summed E-state index contributed by atoms with van der Waals surface area (Å²) in [6.45, 7) is 6.91. The lowest BCUT2D eigenvalue weighted by Gasteiger charge is -2.15. The Morgan fingerprint density at radius 1 is 1.14 bits per heavy atom. The van der Waals surface area contributed by atoms with E-state index in [1.54, 1.807) is 0 Å². The second-order valence-electron chi connectivity index (χ2n) is 4.21. The largest absolute Gasteiger partial charge is 0.289 e. The molecule has 1 nitrogen and oxygen atoms in total. The zero-order chi connectivity index (χ0) is 10.6. The van der Waals surface area contributed by atoms with Crippen LogP contribution in [0.3, 0.4) is 0 Å². The molecule has 0 saturated heterocycles. The van der Waals surface area contributed by atoms with Crippen LogP contribution in [0.25, 0.3) is 0 Å². The monoisotopic (exact) mass is 202 g/mol. The Bertz CT molecular complexity index is 374. The van der Waals surface area contributed by atoms with Crippen molar-refractivity contribution in [2.45, 2.75) is 19.6 Å². The molecule has 0 radical (unpaired) electrons. The van der Waals surface area contributed by atoms with Gasteiger partial charge in [-0.3, -0.25) is 4.79 Å². The highest BCUT2D eigenvalue weighted by Crippen LogP contribution is 2.03. The van der Waals surface area contributed by atoms with Gasteiger partial charge in [0, 0.05) is 5.56 Å². The van der Waals surface area contributed by atoms with Crippen LogP contribution in [0, 0.1) is 11.8 Å². The van der Waals surface area contributed by atoms with E-state index in [1.165, 1.54) is 5.19 Å². The van der Waals surface area contributed by atoms with Crippen molar-refractivity contribution in [2.75, 3.05) is 0 Å². The van der Waals surface area contributed by atoms with E-state index in [9.17, 15) is 4.79 Å². The van der Waals surface area contributed by atoms with E-state index in [0.717, 1.165) is 5.56 Å². The van der Waals surface area contributed by atoms with Gasteiger partial charge in [-0.1, -0.05) is 42.9 Å². The van der Waals surface area contributed by atoms with Crippen molar-refractivity contribution in [2.24, 2.45) is 0 Å². The van der Waals surface area contributed by atoms with E-state index < -0.39 is 8.07 Å². The van der Waals surface area contributed by atoms with Gasteiger partial charge in [-0.25, -0.2) is 0 Å². The number of rotatable bonds is 1. The van der Waals surface area contributed by atoms with E-state index >= 15 is 0 Å². The average Bonchev–Trinajstić information content (AvgIpc) is 2.14. The van der Waals surface area contributed by atoms with Gasteiger partial charge in [-0.2, -0.15) is 0 Å². The van der Waals surface area contributed by atoms with Gasteiger partial charge >= 0.3 is 0 Å². The van der Waals surface area contributed by atoms with E-state index in [1.807, 2.05) is 12.1 Å². The first-order chi connectivity index (χ1) is 6.54. The molecule has 1 aromatic carbocycles. The molecule has 0 saturated carbocycles. The number of carbonyl (C=O) groups is 1. The standard InChI is InChI=1S/C12H14OSi/c1-14(2,3)12-8-6-11(7-9-12)5-4-10-13/h6-10H,1-3H3. The fraction of sp³-hybridized carbons (Fsp3) is 0.250. The van der Waals surface area contributed by atoms with Crippen molar-refractivity contribution in [3.63, 3.8) is 0 Å². The summed E-state index contributed by atoms with van der Waals surface area (Å²) in [5.74, 6) is 5.17. The summed E-state index contributed by atoms with van der Waals surface area (Å²) < 4.78 is 0. The molecule has 0 bridgehead atoms. The van der Waals surface area contributed by atoms with Crippen molar-refractivity contribution < 1.29 is 4.79 Å². The summed E-state index contributed by atoms with van der Waals surface area (Å²) in [6, 6.07) is 8.18. The Hall–Kier alpha value is -1.33. The smallest absolute Gasteiger partial charge is 0.193 e. The van der Waals surface area contributed by atoms with E-state index in [4.69, 9.17) is 0 Å². The van der Waals surface area contributed by atoms with Crippen molar-refractivity contribution in [1.29, 1.82) is 0 Å². The van der Waals surface area contributed by atoms with Crippen LogP contribution < -0.4 is 5.19 Å². The molecule has 2 heteroatoms. The molecular formula is C12H14OSi. The molecule has 0 amide bonds. The van der Waals surface area contributed by atoms with Crippen molar-refractivity contribution in [3.8, 4) is 11.8 Å². The summed E-state index contributed by atoms with van der Waals surface area (Å²) in [4.78, 5) is 10.0. The molecule has 0 N–H and O–H groups in total. The molecule has 0 aliphatic heterocycles. The van der Waals surface area contributed by atoms with Crippen LogP contribution in [0.15, 0.2) is 24.3 Å². The van der Waals surface area contributed by atoms with Crippen molar-refractivity contribution in [1.82, 2.24) is 0 Å². The summed E-state index contributed by atoms with van der Waals surface area (Å²) in [5, 5.41) is 1.41. The van der Waals surface area contributed by atoms with E-state index in [0.29, 0.717) is 6.29 Å². The lowest BCUT2D eigenvalue weighted by atomic mass is 10.2. The summed E-state index contributed by atoms with van der Waals surface area (Å²) >= 11 is 0. The zero-order valence-electron chi connectivity index (χ0n) is 8.79. The molecule has 14 heavy (non-hydrogen) atoms. The molecule has 0 spiro atoms. The number of benzene rings is 1. The molecule has 1 aromatic rings. The highest BCUT2D eigenvalue weighted by molar-refractivity contribution is 6.88. The van der Waals surface area contributed by atoms with Gasteiger partial charge in [0.25, 0.3) is 0 Å². The molecule has 72 valence electrons. The normalized spacial score (nSPS) is 10.2. The van der Waals surface area contributed by atoms with Crippen molar-refractivity contribution >= 4 is 19.5 Å². The van der Waals surface area contributed by atoms with Gasteiger partial charge < -0.3 is 0 Å². The predicted molar refractivity (Wildman–Crippen MR) is 62.4 cm³/mol. The topological polar surface area (TPSA) is 17.1 Å².